The Morgan fingerprint density at radius 3 is 2.87 bits per heavy atom. The van der Waals surface area contributed by atoms with Crippen LogP contribution in [0, 0.1) is 12.7 Å². The highest BCUT2D eigenvalue weighted by atomic mass is 35.5. The van der Waals surface area contributed by atoms with Crippen LogP contribution in [0.3, 0.4) is 0 Å². The number of fused-ring (bicyclic) bond motifs is 2. The minimum Gasteiger partial charge on any atom is -0.457 e. The number of anilines is 2. The minimum atomic E-state index is -0.468. The molecule has 0 atom stereocenters. The van der Waals surface area contributed by atoms with Gasteiger partial charge in [-0.3, -0.25) is 0 Å². The Morgan fingerprint density at radius 1 is 1.07 bits per heavy atom. The number of rotatable bonds is 4. The fourth-order valence-electron chi connectivity index (χ4n) is 3.00. The number of halogens is 2. The smallest absolute Gasteiger partial charge is 0.160 e. The Balaban J connectivity index is 1.46. The summed E-state index contributed by atoms with van der Waals surface area (Å²) in [5, 5.41) is 7.30. The topological polar surface area (TPSA) is 90.1 Å². The molecule has 4 heterocycles. The van der Waals surface area contributed by atoms with Gasteiger partial charge in [0.15, 0.2) is 17.3 Å². The molecule has 0 aliphatic carbocycles. The van der Waals surface area contributed by atoms with Crippen LogP contribution in [0.4, 0.5) is 15.9 Å². The molecule has 0 saturated carbocycles. The van der Waals surface area contributed by atoms with Crippen molar-refractivity contribution in [2.24, 2.45) is 0 Å². The SMILES string of the molecule is Cc1c(Oc2ccn3ncnc3c2)ccc(Nc2ncnc3ccc(Cl)nc23)c1F. The van der Waals surface area contributed by atoms with Gasteiger partial charge in [0.2, 0.25) is 0 Å². The van der Waals surface area contributed by atoms with E-state index in [9.17, 15) is 0 Å². The van der Waals surface area contributed by atoms with E-state index in [0.717, 1.165) is 0 Å². The zero-order valence-corrected chi connectivity index (χ0v) is 16.3. The molecule has 0 unspecified atom stereocenters. The third-order valence-electron chi connectivity index (χ3n) is 4.52. The number of nitrogens with zero attached hydrogens (tertiary/aromatic N) is 6. The van der Waals surface area contributed by atoms with Crippen molar-refractivity contribution in [1.82, 2.24) is 29.5 Å². The molecule has 30 heavy (non-hydrogen) atoms. The standard InChI is InChI=1S/C20H13ClFN7O/c1-11-15(30-12-6-7-29-17(8-12)24-10-26-29)4-2-13(18(11)22)27-20-19-14(23-9-25-20)3-5-16(21)28-19/h2-10H,1H3,(H,23,25,27). The van der Waals surface area contributed by atoms with E-state index in [4.69, 9.17) is 16.3 Å². The van der Waals surface area contributed by atoms with Crippen molar-refractivity contribution in [2.75, 3.05) is 5.32 Å². The summed E-state index contributed by atoms with van der Waals surface area (Å²) in [5.41, 5.74) is 2.24. The summed E-state index contributed by atoms with van der Waals surface area (Å²) >= 11 is 5.98. The molecule has 0 bridgehead atoms. The summed E-state index contributed by atoms with van der Waals surface area (Å²) in [6, 6.07) is 10.1. The van der Waals surface area contributed by atoms with Crippen molar-refractivity contribution in [3.8, 4) is 11.5 Å². The van der Waals surface area contributed by atoms with Crippen LogP contribution >= 0.6 is 11.6 Å². The average molecular weight is 422 g/mol. The number of aromatic nitrogens is 6. The molecule has 5 aromatic rings. The second-order valence-corrected chi connectivity index (χ2v) is 6.81. The molecule has 0 fully saturated rings. The van der Waals surface area contributed by atoms with Gasteiger partial charge >= 0.3 is 0 Å². The van der Waals surface area contributed by atoms with Crippen LogP contribution in [0.15, 0.2) is 55.2 Å². The van der Waals surface area contributed by atoms with E-state index in [1.165, 1.54) is 12.7 Å². The highest BCUT2D eigenvalue weighted by Crippen LogP contribution is 2.32. The van der Waals surface area contributed by atoms with Gasteiger partial charge in [0.1, 0.15) is 34.8 Å². The maximum absolute atomic E-state index is 15.1. The molecule has 0 spiro atoms. The number of ether oxygens (including phenoxy) is 1. The molecule has 8 nitrogen and oxygen atoms in total. The number of nitrogens with one attached hydrogen (secondary N) is 1. The lowest BCUT2D eigenvalue weighted by Crippen LogP contribution is -2.01. The van der Waals surface area contributed by atoms with Gasteiger partial charge in [0, 0.05) is 17.8 Å². The lowest BCUT2D eigenvalue weighted by Gasteiger charge is -2.14. The molecule has 10 heteroatoms. The zero-order chi connectivity index (χ0) is 20.7. The minimum absolute atomic E-state index is 0.231. The molecular formula is C20H13ClFN7O. The van der Waals surface area contributed by atoms with Crippen molar-refractivity contribution in [3.05, 3.63) is 71.8 Å². The van der Waals surface area contributed by atoms with Crippen LogP contribution in [-0.2, 0) is 0 Å². The van der Waals surface area contributed by atoms with Gasteiger partial charge in [-0.25, -0.2) is 28.8 Å². The first-order valence-electron chi connectivity index (χ1n) is 8.89. The van der Waals surface area contributed by atoms with Crippen LogP contribution in [0.25, 0.3) is 16.7 Å². The predicted octanol–water partition coefficient (Wildman–Crippen LogP) is 4.70. The molecule has 0 amide bonds. The van der Waals surface area contributed by atoms with Crippen molar-refractivity contribution in [1.29, 1.82) is 0 Å². The van der Waals surface area contributed by atoms with E-state index in [1.807, 2.05) is 0 Å². The monoisotopic (exact) mass is 421 g/mol. The fourth-order valence-corrected chi connectivity index (χ4v) is 3.14. The Bertz CT molecular complexity index is 1410. The maximum Gasteiger partial charge on any atom is 0.160 e. The van der Waals surface area contributed by atoms with Crippen LogP contribution in [0.1, 0.15) is 5.56 Å². The van der Waals surface area contributed by atoms with E-state index in [-0.39, 0.29) is 5.69 Å². The summed E-state index contributed by atoms with van der Waals surface area (Å²) < 4.78 is 22.5. The highest BCUT2D eigenvalue weighted by Gasteiger charge is 2.14. The summed E-state index contributed by atoms with van der Waals surface area (Å²) in [5.74, 6) is 0.798. The highest BCUT2D eigenvalue weighted by molar-refractivity contribution is 6.29. The number of pyridine rings is 2. The van der Waals surface area contributed by atoms with Crippen LogP contribution in [-0.4, -0.2) is 29.5 Å². The van der Waals surface area contributed by atoms with Crippen molar-refractivity contribution < 1.29 is 9.13 Å². The predicted molar refractivity (Wildman–Crippen MR) is 110 cm³/mol. The van der Waals surface area contributed by atoms with Gasteiger partial charge in [-0.1, -0.05) is 11.6 Å². The van der Waals surface area contributed by atoms with Gasteiger partial charge in [-0.05, 0) is 37.3 Å². The lowest BCUT2D eigenvalue weighted by atomic mass is 10.1. The van der Waals surface area contributed by atoms with Gasteiger partial charge < -0.3 is 10.1 Å². The molecule has 0 saturated heterocycles. The van der Waals surface area contributed by atoms with E-state index < -0.39 is 5.82 Å². The number of hydrogen-bond acceptors (Lipinski definition) is 7. The largest absolute Gasteiger partial charge is 0.457 e. The fraction of sp³-hybridized carbons (Fsp3) is 0.0500. The Labute approximate surface area is 174 Å². The molecular weight excluding hydrogens is 409 g/mol. The first-order chi connectivity index (χ1) is 14.6. The molecule has 1 N–H and O–H groups in total. The average Bonchev–Trinajstić information content (AvgIpc) is 3.22. The van der Waals surface area contributed by atoms with Gasteiger partial charge in [0.05, 0.1) is 11.2 Å². The normalized spacial score (nSPS) is 11.2. The van der Waals surface area contributed by atoms with E-state index >= 15 is 4.39 Å². The zero-order valence-electron chi connectivity index (χ0n) is 15.5. The Hall–Kier alpha value is -3.85. The summed E-state index contributed by atoms with van der Waals surface area (Å²) in [6.45, 7) is 1.64. The van der Waals surface area contributed by atoms with Gasteiger partial charge in [-0.15, -0.1) is 0 Å². The Kier molecular flexibility index (Phi) is 4.36. The molecule has 5 rings (SSSR count). The Morgan fingerprint density at radius 2 is 1.97 bits per heavy atom. The van der Waals surface area contributed by atoms with Crippen LogP contribution in [0.2, 0.25) is 5.15 Å². The molecule has 0 aliphatic heterocycles. The first-order valence-corrected chi connectivity index (χ1v) is 9.27. The van der Waals surface area contributed by atoms with Crippen LogP contribution in [0.5, 0.6) is 11.5 Å². The molecule has 4 aromatic heterocycles. The van der Waals surface area contributed by atoms with Crippen molar-refractivity contribution in [3.63, 3.8) is 0 Å². The van der Waals surface area contributed by atoms with E-state index in [1.54, 1.807) is 54.0 Å². The van der Waals surface area contributed by atoms with Crippen LogP contribution < -0.4 is 10.1 Å². The maximum atomic E-state index is 15.1. The summed E-state index contributed by atoms with van der Waals surface area (Å²) in [7, 11) is 0. The quantitative estimate of drug-likeness (QED) is 0.420. The molecule has 0 radical (unpaired) electrons. The second kappa shape index (κ2) is 7.20. The summed E-state index contributed by atoms with van der Waals surface area (Å²) in [4.78, 5) is 16.7. The lowest BCUT2D eigenvalue weighted by molar-refractivity contribution is 0.471. The molecule has 148 valence electrons. The van der Waals surface area contributed by atoms with E-state index in [0.29, 0.717) is 44.7 Å². The number of hydrogen-bond donors (Lipinski definition) is 1. The summed E-state index contributed by atoms with van der Waals surface area (Å²) in [6.07, 6.45) is 4.55. The van der Waals surface area contributed by atoms with Gasteiger partial charge in [0.25, 0.3) is 0 Å². The van der Waals surface area contributed by atoms with Crippen molar-refractivity contribution in [2.45, 2.75) is 6.92 Å². The molecule has 1 aromatic carbocycles. The third-order valence-corrected chi connectivity index (χ3v) is 4.73. The first kappa shape index (κ1) is 18.2. The number of benzene rings is 1. The molecule has 0 aliphatic rings. The van der Waals surface area contributed by atoms with E-state index in [2.05, 4.69) is 30.4 Å². The third kappa shape index (κ3) is 3.25. The second-order valence-electron chi connectivity index (χ2n) is 6.43. The van der Waals surface area contributed by atoms with Gasteiger partial charge in [-0.2, -0.15) is 5.10 Å². The van der Waals surface area contributed by atoms with Crippen molar-refractivity contribution >= 4 is 39.8 Å².